The third kappa shape index (κ3) is 4.56. The summed E-state index contributed by atoms with van der Waals surface area (Å²) in [4.78, 5) is -0.00910. The van der Waals surface area contributed by atoms with Crippen molar-refractivity contribution in [3.63, 3.8) is 0 Å². The van der Waals surface area contributed by atoms with Crippen molar-refractivity contribution in [3.05, 3.63) is 95.4 Å². The van der Waals surface area contributed by atoms with Crippen molar-refractivity contribution < 1.29 is 26.0 Å². The number of aromatic nitrogens is 2. The Hall–Kier alpha value is -3.40. The molecule has 0 amide bonds. The van der Waals surface area contributed by atoms with Crippen LogP contribution in [0, 0.1) is 5.82 Å². The van der Waals surface area contributed by atoms with Crippen LogP contribution in [0.25, 0.3) is 11.0 Å². The summed E-state index contributed by atoms with van der Waals surface area (Å²) in [5.41, 5.74) is 0.643. The number of hydrogen-bond donors (Lipinski definition) is 0. The largest absolute Gasteiger partial charge is 0.416 e. The fourth-order valence-corrected chi connectivity index (χ4v) is 4.62. The van der Waals surface area contributed by atoms with Crippen LogP contribution in [0.15, 0.2) is 82.1 Å². The summed E-state index contributed by atoms with van der Waals surface area (Å²) >= 11 is 0. The summed E-state index contributed by atoms with van der Waals surface area (Å²) < 4.78 is 86.0. The molecule has 5 nitrogen and oxygen atoms in total. The fourth-order valence-electron chi connectivity index (χ4n) is 3.60. The van der Waals surface area contributed by atoms with Crippen molar-refractivity contribution in [2.45, 2.75) is 31.1 Å². The van der Waals surface area contributed by atoms with Crippen LogP contribution in [0.3, 0.4) is 0 Å². The van der Waals surface area contributed by atoms with E-state index in [-0.39, 0.29) is 17.1 Å². The zero-order valence-corrected chi connectivity index (χ0v) is 18.2. The zero-order valence-electron chi connectivity index (χ0n) is 17.4. The van der Waals surface area contributed by atoms with Crippen molar-refractivity contribution in [3.8, 4) is 0 Å². The van der Waals surface area contributed by atoms with Crippen LogP contribution in [0.4, 0.5) is 17.6 Å². The molecule has 0 bridgehead atoms. The smallest absolute Gasteiger partial charge is 0.310 e. The number of imidazole rings is 1. The second kappa shape index (κ2) is 8.51. The molecule has 0 aliphatic carbocycles. The standard InChI is InChI=1S/C23H19F4N3O2S/c1-2-29-20-13-12-18(24)14-21(20)30(15-16-8-10-17(11-9-16)23(25,26)27)22(29)28-33(31,32)19-6-4-3-5-7-19/h3-14H,2,15H2,1H3/b28-22-. The Labute approximate surface area is 187 Å². The second-order valence-electron chi connectivity index (χ2n) is 7.34. The maximum atomic E-state index is 14.1. The Bertz CT molecular complexity index is 1470. The highest BCUT2D eigenvalue weighted by Gasteiger charge is 2.30. The van der Waals surface area contributed by atoms with E-state index in [1.54, 1.807) is 29.7 Å². The molecule has 0 unspecified atom stereocenters. The van der Waals surface area contributed by atoms with Crippen LogP contribution >= 0.6 is 0 Å². The van der Waals surface area contributed by atoms with Crippen LogP contribution < -0.4 is 5.62 Å². The molecule has 0 aliphatic heterocycles. The van der Waals surface area contributed by atoms with E-state index in [0.29, 0.717) is 23.1 Å². The van der Waals surface area contributed by atoms with Gasteiger partial charge in [0.1, 0.15) is 5.82 Å². The van der Waals surface area contributed by atoms with Gasteiger partial charge in [-0.3, -0.25) is 0 Å². The van der Waals surface area contributed by atoms with Gasteiger partial charge in [0.2, 0.25) is 5.62 Å². The summed E-state index contributed by atoms with van der Waals surface area (Å²) in [5.74, 6) is -0.533. The summed E-state index contributed by atoms with van der Waals surface area (Å²) in [7, 11) is -4.10. The summed E-state index contributed by atoms with van der Waals surface area (Å²) in [6, 6.07) is 16.2. The van der Waals surface area contributed by atoms with Gasteiger partial charge in [-0.15, -0.1) is 4.40 Å². The minimum atomic E-state index is -4.47. The minimum Gasteiger partial charge on any atom is -0.310 e. The molecule has 10 heteroatoms. The van der Waals surface area contributed by atoms with Crippen molar-refractivity contribution in [2.75, 3.05) is 0 Å². The predicted molar refractivity (Wildman–Crippen MR) is 115 cm³/mol. The first-order valence-corrected chi connectivity index (χ1v) is 11.4. The molecule has 0 N–H and O–H groups in total. The lowest BCUT2D eigenvalue weighted by Gasteiger charge is -2.09. The van der Waals surface area contributed by atoms with Gasteiger partial charge in [0.15, 0.2) is 0 Å². The monoisotopic (exact) mass is 477 g/mol. The molecule has 33 heavy (non-hydrogen) atoms. The molecular formula is C23H19F4N3O2S. The van der Waals surface area contributed by atoms with Gasteiger partial charge < -0.3 is 9.13 Å². The third-order valence-electron chi connectivity index (χ3n) is 5.18. The number of hydrogen-bond acceptors (Lipinski definition) is 2. The van der Waals surface area contributed by atoms with Crippen LogP contribution in [0.5, 0.6) is 0 Å². The van der Waals surface area contributed by atoms with E-state index in [4.69, 9.17) is 0 Å². The Balaban J connectivity index is 1.94. The van der Waals surface area contributed by atoms with Crippen molar-refractivity contribution in [2.24, 2.45) is 4.40 Å². The molecule has 172 valence electrons. The maximum Gasteiger partial charge on any atom is 0.416 e. The fraction of sp³-hybridized carbons (Fsp3) is 0.174. The van der Waals surface area contributed by atoms with Gasteiger partial charge in [0, 0.05) is 6.54 Å². The van der Waals surface area contributed by atoms with E-state index in [1.165, 1.54) is 47.0 Å². The third-order valence-corrected chi connectivity index (χ3v) is 6.45. The molecule has 0 radical (unpaired) electrons. The van der Waals surface area contributed by atoms with Crippen LogP contribution in [-0.4, -0.2) is 17.6 Å². The first-order chi connectivity index (χ1) is 15.6. The summed E-state index contributed by atoms with van der Waals surface area (Å²) in [6.07, 6.45) is -4.47. The molecule has 0 spiro atoms. The van der Waals surface area contributed by atoms with E-state index in [9.17, 15) is 26.0 Å². The van der Waals surface area contributed by atoms with E-state index in [2.05, 4.69) is 4.40 Å². The minimum absolute atomic E-state index is 0.00572. The van der Waals surface area contributed by atoms with Gasteiger partial charge >= 0.3 is 6.18 Å². The van der Waals surface area contributed by atoms with Gasteiger partial charge in [0.05, 0.1) is 28.0 Å². The highest BCUT2D eigenvalue weighted by Crippen LogP contribution is 2.29. The van der Waals surface area contributed by atoms with Crippen molar-refractivity contribution in [1.29, 1.82) is 0 Å². The SMILES string of the molecule is CCn1/c(=N/S(=O)(=O)c2ccccc2)n(Cc2ccc(C(F)(F)F)cc2)c2cc(F)ccc21. The average molecular weight is 477 g/mol. The van der Waals surface area contributed by atoms with E-state index in [0.717, 1.165) is 12.1 Å². The van der Waals surface area contributed by atoms with Crippen LogP contribution in [0.2, 0.25) is 0 Å². The predicted octanol–water partition coefficient (Wildman–Crippen LogP) is 4.96. The van der Waals surface area contributed by atoms with Gasteiger partial charge in [-0.25, -0.2) is 4.39 Å². The van der Waals surface area contributed by atoms with Gasteiger partial charge in [-0.1, -0.05) is 30.3 Å². The molecule has 0 saturated heterocycles. The molecular weight excluding hydrogens is 458 g/mol. The Kier molecular flexibility index (Phi) is 5.87. The maximum absolute atomic E-state index is 14.1. The molecule has 4 aromatic rings. The Morgan fingerprint density at radius 3 is 2.15 bits per heavy atom. The van der Waals surface area contributed by atoms with E-state index >= 15 is 0 Å². The summed E-state index contributed by atoms with van der Waals surface area (Å²) in [5, 5.41) is 0. The normalized spacial score (nSPS) is 13.1. The number of rotatable bonds is 5. The molecule has 1 heterocycles. The lowest BCUT2D eigenvalue weighted by molar-refractivity contribution is -0.137. The van der Waals surface area contributed by atoms with Crippen molar-refractivity contribution >= 4 is 21.1 Å². The van der Waals surface area contributed by atoms with Gasteiger partial charge in [0.25, 0.3) is 10.0 Å². The Morgan fingerprint density at radius 2 is 1.55 bits per heavy atom. The highest BCUT2D eigenvalue weighted by atomic mass is 32.2. The number of aryl methyl sites for hydroxylation is 1. The lowest BCUT2D eigenvalue weighted by atomic mass is 10.1. The molecule has 0 atom stereocenters. The van der Waals surface area contributed by atoms with E-state index < -0.39 is 27.6 Å². The molecule has 0 aliphatic rings. The van der Waals surface area contributed by atoms with Crippen LogP contribution in [0.1, 0.15) is 18.1 Å². The second-order valence-corrected chi connectivity index (χ2v) is 8.94. The molecule has 1 aromatic heterocycles. The number of benzene rings is 3. The topological polar surface area (TPSA) is 56.4 Å². The first kappa shape index (κ1) is 22.8. The molecule has 0 fully saturated rings. The molecule has 3 aromatic carbocycles. The average Bonchev–Trinajstić information content (AvgIpc) is 3.05. The van der Waals surface area contributed by atoms with Gasteiger partial charge in [-0.05, 0) is 55.0 Å². The number of sulfonamides is 1. The molecule has 4 rings (SSSR count). The van der Waals surface area contributed by atoms with Crippen molar-refractivity contribution in [1.82, 2.24) is 9.13 Å². The van der Waals surface area contributed by atoms with E-state index in [1.807, 2.05) is 0 Å². The quantitative estimate of drug-likeness (QED) is 0.382. The highest BCUT2D eigenvalue weighted by molar-refractivity contribution is 7.90. The van der Waals surface area contributed by atoms with Crippen LogP contribution in [-0.2, 0) is 29.3 Å². The van der Waals surface area contributed by atoms with Gasteiger partial charge in [-0.2, -0.15) is 21.6 Å². The number of fused-ring (bicyclic) bond motifs is 1. The number of alkyl halides is 3. The number of nitrogens with zero attached hydrogens (tertiary/aromatic N) is 3. The first-order valence-electron chi connectivity index (χ1n) is 10.0. The Morgan fingerprint density at radius 1 is 0.879 bits per heavy atom. The molecule has 0 saturated carbocycles. The zero-order chi connectivity index (χ0) is 23.8. The summed E-state index contributed by atoms with van der Waals surface area (Å²) in [6.45, 7) is 2.12. The number of halogens is 4. The lowest BCUT2D eigenvalue weighted by Crippen LogP contribution is -2.28.